The quantitative estimate of drug-likeness (QED) is 0.923. The molecule has 0 bridgehead atoms. The van der Waals surface area contributed by atoms with Gasteiger partial charge in [-0.3, -0.25) is 0 Å². The van der Waals surface area contributed by atoms with E-state index >= 15 is 0 Å². The molecule has 1 aliphatic rings. The van der Waals surface area contributed by atoms with Crippen molar-refractivity contribution in [3.63, 3.8) is 0 Å². The van der Waals surface area contributed by atoms with Gasteiger partial charge in [-0.1, -0.05) is 11.6 Å². The van der Waals surface area contributed by atoms with Crippen LogP contribution in [0.3, 0.4) is 0 Å². The number of methoxy groups -OCH3 is 2. The number of rotatable bonds is 4. The fourth-order valence-electron chi connectivity index (χ4n) is 2.57. The van der Waals surface area contributed by atoms with Gasteiger partial charge in [0.05, 0.1) is 19.2 Å². The molecule has 5 heteroatoms. The van der Waals surface area contributed by atoms with Crippen LogP contribution in [0, 0.1) is 11.7 Å². The fourth-order valence-corrected chi connectivity index (χ4v) is 2.79. The van der Waals surface area contributed by atoms with Crippen LogP contribution in [-0.2, 0) is 6.42 Å². The van der Waals surface area contributed by atoms with Gasteiger partial charge in [0, 0.05) is 11.6 Å². The number of nitrogens with one attached hydrogen (secondary N) is 1. The van der Waals surface area contributed by atoms with E-state index < -0.39 is 5.82 Å². The lowest BCUT2D eigenvalue weighted by molar-refractivity contribution is 0.337. The Morgan fingerprint density at radius 3 is 2.58 bits per heavy atom. The summed E-state index contributed by atoms with van der Waals surface area (Å²) in [5.41, 5.74) is 0.716. The van der Waals surface area contributed by atoms with Crippen LogP contribution < -0.4 is 14.8 Å². The third-order valence-electron chi connectivity index (χ3n) is 3.61. The maximum Gasteiger partial charge on any atom is 0.165 e. The summed E-state index contributed by atoms with van der Waals surface area (Å²) in [6, 6.07) is 1.27. The van der Waals surface area contributed by atoms with Crippen molar-refractivity contribution in [3.05, 3.63) is 22.5 Å². The highest BCUT2D eigenvalue weighted by molar-refractivity contribution is 6.31. The summed E-state index contributed by atoms with van der Waals surface area (Å²) in [6.07, 6.45) is 2.86. The molecule has 0 saturated carbocycles. The van der Waals surface area contributed by atoms with Crippen molar-refractivity contribution >= 4 is 11.6 Å². The highest BCUT2D eigenvalue weighted by atomic mass is 35.5. The predicted molar refractivity (Wildman–Crippen MR) is 73.8 cm³/mol. The standard InChI is InChI=1S/C14H19ClFNO2/c1-18-12-8-11(16)13(15)10(14(12)19-2)7-9-3-5-17-6-4-9/h8-9,17H,3-7H2,1-2H3. The summed E-state index contributed by atoms with van der Waals surface area (Å²) in [7, 11) is 3.05. The summed E-state index contributed by atoms with van der Waals surface area (Å²) < 4.78 is 24.3. The molecule has 1 aromatic carbocycles. The highest BCUT2D eigenvalue weighted by Crippen LogP contribution is 2.40. The zero-order valence-electron chi connectivity index (χ0n) is 11.3. The van der Waals surface area contributed by atoms with E-state index in [9.17, 15) is 4.39 Å². The van der Waals surface area contributed by atoms with Crippen LogP contribution in [-0.4, -0.2) is 27.3 Å². The average Bonchev–Trinajstić information content (AvgIpc) is 2.44. The van der Waals surface area contributed by atoms with E-state index in [1.54, 1.807) is 7.11 Å². The van der Waals surface area contributed by atoms with E-state index in [0.717, 1.165) is 32.4 Å². The van der Waals surface area contributed by atoms with Crippen LogP contribution in [0.15, 0.2) is 6.07 Å². The molecule has 106 valence electrons. The third-order valence-corrected chi connectivity index (χ3v) is 4.01. The number of benzene rings is 1. The van der Waals surface area contributed by atoms with E-state index in [-0.39, 0.29) is 5.02 Å². The lowest BCUT2D eigenvalue weighted by atomic mass is 9.90. The number of hydrogen-bond acceptors (Lipinski definition) is 3. The molecular formula is C14H19ClFNO2. The molecule has 0 spiro atoms. The van der Waals surface area contributed by atoms with Gasteiger partial charge in [-0.15, -0.1) is 0 Å². The zero-order valence-corrected chi connectivity index (χ0v) is 12.0. The second-order valence-electron chi connectivity index (χ2n) is 4.78. The maximum absolute atomic E-state index is 13.8. The Kier molecular flexibility index (Phi) is 4.88. The fraction of sp³-hybridized carbons (Fsp3) is 0.571. The van der Waals surface area contributed by atoms with Crippen molar-refractivity contribution in [2.45, 2.75) is 19.3 Å². The minimum atomic E-state index is -0.455. The van der Waals surface area contributed by atoms with Crippen LogP contribution in [0.25, 0.3) is 0 Å². The lowest BCUT2D eigenvalue weighted by Crippen LogP contribution is -2.28. The molecule has 1 N–H and O–H groups in total. The zero-order chi connectivity index (χ0) is 13.8. The lowest BCUT2D eigenvalue weighted by Gasteiger charge is -2.24. The van der Waals surface area contributed by atoms with Crippen LogP contribution >= 0.6 is 11.6 Å². The Morgan fingerprint density at radius 1 is 1.32 bits per heavy atom. The minimum absolute atomic E-state index is 0.149. The van der Waals surface area contributed by atoms with Crippen LogP contribution in [0.1, 0.15) is 18.4 Å². The molecular weight excluding hydrogens is 269 g/mol. The first-order valence-electron chi connectivity index (χ1n) is 6.47. The first-order chi connectivity index (χ1) is 9.17. The molecule has 0 aliphatic carbocycles. The van der Waals surface area contributed by atoms with Crippen molar-refractivity contribution in [3.8, 4) is 11.5 Å². The molecule has 0 amide bonds. The number of halogens is 2. The molecule has 1 aliphatic heterocycles. The first-order valence-corrected chi connectivity index (χ1v) is 6.84. The van der Waals surface area contributed by atoms with Crippen LogP contribution in [0.2, 0.25) is 5.02 Å². The van der Waals surface area contributed by atoms with E-state index in [1.165, 1.54) is 13.2 Å². The molecule has 2 rings (SSSR count). The molecule has 19 heavy (non-hydrogen) atoms. The first kappa shape index (κ1) is 14.4. The van der Waals surface area contributed by atoms with Crippen molar-refractivity contribution in [2.24, 2.45) is 5.92 Å². The van der Waals surface area contributed by atoms with Gasteiger partial charge >= 0.3 is 0 Å². The van der Waals surface area contributed by atoms with Crippen LogP contribution in [0.4, 0.5) is 4.39 Å². The summed E-state index contributed by atoms with van der Waals surface area (Å²) in [4.78, 5) is 0. The number of ether oxygens (including phenoxy) is 2. The molecule has 0 atom stereocenters. The van der Waals surface area contributed by atoms with Crippen LogP contribution in [0.5, 0.6) is 11.5 Å². The minimum Gasteiger partial charge on any atom is -0.493 e. The molecule has 1 aromatic rings. The largest absolute Gasteiger partial charge is 0.493 e. The monoisotopic (exact) mass is 287 g/mol. The van der Waals surface area contributed by atoms with E-state index in [0.29, 0.717) is 23.0 Å². The summed E-state index contributed by atoms with van der Waals surface area (Å²) in [6.45, 7) is 1.99. The van der Waals surface area contributed by atoms with Gasteiger partial charge in [-0.05, 0) is 38.3 Å². The second-order valence-corrected chi connectivity index (χ2v) is 5.16. The molecule has 0 radical (unpaired) electrons. The predicted octanol–water partition coefficient (Wildman–Crippen LogP) is 3.04. The van der Waals surface area contributed by atoms with Crippen molar-refractivity contribution in [1.29, 1.82) is 0 Å². The number of piperidine rings is 1. The van der Waals surface area contributed by atoms with Gasteiger partial charge in [0.25, 0.3) is 0 Å². The third kappa shape index (κ3) is 3.12. The van der Waals surface area contributed by atoms with Gasteiger partial charge in [0.1, 0.15) is 5.82 Å². The molecule has 0 unspecified atom stereocenters. The van der Waals surface area contributed by atoms with Crippen molar-refractivity contribution in [1.82, 2.24) is 5.32 Å². The van der Waals surface area contributed by atoms with Gasteiger partial charge in [-0.2, -0.15) is 0 Å². The van der Waals surface area contributed by atoms with E-state index in [1.807, 2.05) is 0 Å². The van der Waals surface area contributed by atoms with E-state index in [4.69, 9.17) is 21.1 Å². The van der Waals surface area contributed by atoms with Crippen molar-refractivity contribution < 1.29 is 13.9 Å². The Balaban J connectivity index is 2.33. The Morgan fingerprint density at radius 2 is 2.00 bits per heavy atom. The van der Waals surface area contributed by atoms with Gasteiger partial charge in [-0.25, -0.2) is 4.39 Å². The molecule has 1 saturated heterocycles. The smallest absolute Gasteiger partial charge is 0.165 e. The number of hydrogen-bond donors (Lipinski definition) is 1. The summed E-state index contributed by atoms with van der Waals surface area (Å²) in [5.74, 6) is 0.989. The highest BCUT2D eigenvalue weighted by Gasteiger charge is 2.22. The Bertz CT molecular complexity index is 448. The van der Waals surface area contributed by atoms with E-state index in [2.05, 4.69) is 5.32 Å². The SMILES string of the molecule is COc1cc(F)c(Cl)c(CC2CCNCC2)c1OC. The topological polar surface area (TPSA) is 30.5 Å². The normalized spacial score (nSPS) is 16.4. The summed E-state index contributed by atoms with van der Waals surface area (Å²) >= 11 is 6.10. The molecule has 0 aromatic heterocycles. The molecule has 1 fully saturated rings. The van der Waals surface area contributed by atoms with Gasteiger partial charge in [0.2, 0.25) is 0 Å². The Hall–Kier alpha value is -1.00. The summed E-state index contributed by atoms with van der Waals surface area (Å²) in [5, 5.41) is 3.46. The molecule has 1 heterocycles. The maximum atomic E-state index is 13.8. The molecule has 3 nitrogen and oxygen atoms in total. The average molecular weight is 288 g/mol. The van der Waals surface area contributed by atoms with Gasteiger partial charge < -0.3 is 14.8 Å². The second kappa shape index (κ2) is 6.44. The Labute approximate surface area is 118 Å². The van der Waals surface area contributed by atoms with Gasteiger partial charge in [0.15, 0.2) is 11.5 Å². The van der Waals surface area contributed by atoms with Crippen molar-refractivity contribution in [2.75, 3.05) is 27.3 Å².